The molecule has 176 valence electrons. The van der Waals surface area contributed by atoms with E-state index in [1.807, 2.05) is 31.2 Å². The van der Waals surface area contributed by atoms with Crippen LogP contribution < -0.4 is 24.3 Å². The Morgan fingerprint density at radius 2 is 1.71 bits per heavy atom. The third-order valence-corrected chi connectivity index (χ3v) is 4.77. The predicted octanol–water partition coefficient (Wildman–Crippen LogP) is 2.77. The van der Waals surface area contributed by atoms with Gasteiger partial charge in [0.2, 0.25) is 5.88 Å². The van der Waals surface area contributed by atoms with Crippen LogP contribution in [-0.2, 0) is 4.79 Å². The Hall–Kier alpha value is -4.34. The number of hydrogen-bond donors (Lipinski definition) is 1. The van der Waals surface area contributed by atoms with Crippen LogP contribution in [0.1, 0.15) is 6.92 Å². The maximum atomic E-state index is 12.0. The summed E-state index contributed by atoms with van der Waals surface area (Å²) in [5.74, 6) is 2.68. The topological polar surface area (TPSA) is 109 Å². The normalized spacial score (nSPS) is 10.6. The maximum absolute atomic E-state index is 12.0. The first-order valence-corrected chi connectivity index (χ1v) is 10.8. The molecule has 0 bridgehead atoms. The number of benzene rings is 2. The molecule has 0 fully saturated rings. The van der Waals surface area contributed by atoms with Crippen LogP contribution in [0.15, 0.2) is 60.7 Å². The molecule has 2 aromatic carbocycles. The highest BCUT2D eigenvalue weighted by molar-refractivity contribution is 5.77. The summed E-state index contributed by atoms with van der Waals surface area (Å²) < 4.78 is 23.6. The number of hydrogen-bond acceptors (Lipinski definition) is 8. The first-order valence-electron chi connectivity index (χ1n) is 10.8. The van der Waals surface area contributed by atoms with Gasteiger partial charge in [-0.25, -0.2) is 0 Å². The van der Waals surface area contributed by atoms with Gasteiger partial charge in [-0.05, 0) is 49.4 Å². The first-order chi connectivity index (χ1) is 16.7. The molecule has 4 rings (SSSR count). The summed E-state index contributed by atoms with van der Waals surface area (Å²) in [6, 6.07) is 18.1. The summed E-state index contributed by atoms with van der Waals surface area (Å²) in [4.78, 5) is 12.0. The average molecular weight is 463 g/mol. The Labute approximate surface area is 196 Å². The number of carbonyl (C=O) groups is 1. The van der Waals surface area contributed by atoms with Crippen molar-refractivity contribution in [3.8, 4) is 34.5 Å². The van der Waals surface area contributed by atoms with Crippen molar-refractivity contribution in [2.45, 2.75) is 6.92 Å². The molecule has 2 heterocycles. The third-order valence-electron chi connectivity index (χ3n) is 4.77. The minimum absolute atomic E-state index is 0.0961. The monoisotopic (exact) mass is 463 g/mol. The highest BCUT2D eigenvalue weighted by atomic mass is 16.5. The Bertz CT molecular complexity index is 1240. The fraction of sp³-hybridized carbons (Fsp3) is 0.250. The molecule has 0 saturated carbocycles. The molecule has 4 aromatic rings. The fourth-order valence-corrected chi connectivity index (χ4v) is 3.19. The summed E-state index contributed by atoms with van der Waals surface area (Å²) in [5, 5.41) is 15.6. The summed E-state index contributed by atoms with van der Waals surface area (Å²) in [6.45, 7) is 2.95. The van der Waals surface area contributed by atoms with E-state index >= 15 is 0 Å². The van der Waals surface area contributed by atoms with Crippen LogP contribution in [0, 0.1) is 0 Å². The molecule has 0 aliphatic heterocycles. The predicted molar refractivity (Wildman–Crippen MR) is 124 cm³/mol. The first kappa shape index (κ1) is 22.8. The lowest BCUT2D eigenvalue weighted by Crippen LogP contribution is -2.32. The molecular formula is C24H25N5O5. The second-order valence-electron chi connectivity index (χ2n) is 7.06. The number of nitrogens with one attached hydrogen (secondary N) is 1. The van der Waals surface area contributed by atoms with E-state index in [2.05, 4.69) is 20.6 Å². The van der Waals surface area contributed by atoms with E-state index in [1.54, 1.807) is 48.0 Å². The van der Waals surface area contributed by atoms with Gasteiger partial charge in [-0.2, -0.15) is 4.52 Å². The van der Waals surface area contributed by atoms with E-state index in [-0.39, 0.29) is 19.1 Å². The molecule has 34 heavy (non-hydrogen) atoms. The molecule has 2 aromatic heterocycles. The van der Waals surface area contributed by atoms with E-state index in [1.165, 1.54) is 0 Å². The van der Waals surface area contributed by atoms with Crippen LogP contribution in [0.25, 0.3) is 17.0 Å². The number of fused-ring (bicyclic) bond motifs is 1. The van der Waals surface area contributed by atoms with Gasteiger partial charge in [0.05, 0.1) is 25.8 Å². The van der Waals surface area contributed by atoms with Crippen LogP contribution in [-0.4, -0.2) is 59.2 Å². The van der Waals surface area contributed by atoms with Crippen molar-refractivity contribution in [1.82, 2.24) is 25.1 Å². The number of amides is 1. The van der Waals surface area contributed by atoms with Crippen molar-refractivity contribution < 1.29 is 23.7 Å². The second kappa shape index (κ2) is 11.0. The molecule has 10 heteroatoms. The minimum Gasteiger partial charge on any atom is -0.496 e. The highest BCUT2D eigenvalue weighted by Crippen LogP contribution is 2.28. The lowest BCUT2D eigenvalue weighted by atomic mass is 10.2. The van der Waals surface area contributed by atoms with Crippen molar-refractivity contribution in [2.75, 3.05) is 33.5 Å². The van der Waals surface area contributed by atoms with Gasteiger partial charge < -0.3 is 24.3 Å². The molecular weight excluding hydrogens is 438 g/mol. The highest BCUT2D eigenvalue weighted by Gasteiger charge is 2.14. The van der Waals surface area contributed by atoms with Crippen molar-refractivity contribution in [1.29, 1.82) is 0 Å². The van der Waals surface area contributed by atoms with Gasteiger partial charge in [0.1, 0.15) is 23.9 Å². The Balaban J connectivity index is 1.28. The van der Waals surface area contributed by atoms with Gasteiger partial charge in [-0.15, -0.1) is 15.3 Å². The summed E-state index contributed by atoms with van der Waals surface area (Å²) >= 11 is 0. The van der Waals surface area contributed by atoms with Crippen molar-refractivity contribution in [2.24, 2.45) is 0 Å². The standard InChI is InChI=1S/C24H25N5O5/c1-3-32-17-8-10-18(11-9-17)34-16-22(30)25-14-15-33-23-13-12-21-26-27-24(29(21)28-23)19-6-4-5-7-20(19)31-2/h4-13H,3,14-16H2,1-2H3,(H,25,30). The van der Waals surface area contributed by atoms with Gasteiger partial charge in [0.25, 0.3) is 5.91 Å². The Morgan fingerprint density at radius 1 is 0.941 bits per heavy atom. The summed E-state index contributed by atoms with van der Waals surface area (Å²) in [6.07, 6.45) is 0. The molecule has 1 N–H and O–H groups in total. The quantitative estimate of drug-likeness (QED) is 0.338. The van der Waals surface area contributed by atoms with Crippen LogP contribution in [0.3, 0.4) is 0 Å². The number of rotatable bonds is 11. The number of carbonyl (C=O) groups excluding carboxylic acids is 1. The molecule has 0 aliphatic rings. The zero-order valence-corrected chi connectivity index (χ0v) is 18.9. The number of ether oxygens (including phenoxy) is 4. The molecule has 1 amide bonds. The largest absolute Gasteiger partial charge is 0.496 e. The van der Waals surface area contributed by atoms with Gasteiger partial charge in [0, 0.05) is 6.07 Å². The fourth-order valence-electron chi connectivity index (χ4n) is 3.19. The van der Waals surface area contributed by atoms with Gasteiger partial charge in [0.15, 0.2) is 18.1 Å². The van der Waals surface area contributed by atoms with Gasteiger partial charge in [-0.3, -0.25) is 4.79 Å². The van der Waals surface area contributed by atoms with Gasteiger partial charge in [-0.1, -0.05) is 12.1 Å². The molecule has 0 unspecified atom stereocenters. The summed E-state index contributed by atoms with van der Waals surface area (Å²) in [5.41, 5.74) is 1.34. The number of methoxy groups -OCH3 is 1. The smallest absolute Gasteiger partial charge is 0.258 e. The zero-order valence-electron chi connectivity index (χ0n) is 18.9. The van der Waals surface area contributed by atoms with Gasteiger partial charge >= 0.3 is 0 Å². The van der Waals surface area contributed by atoms with E-state index in [4.69, 9.17) is 18.9 Å². The molecule has 0 saturated heterocycles. The maximum Gasteiger partial charge on any atom is 0.258 e. The number of aromatic nitrogens is 4. The number of para-hydroxylation sites is 1. The molecule has 0 atom stereocenters. The molecule has 10 nitrogen and oxygen atoms in total. The van der Waals surface area contributed by atoms with Crippen LogP contribution in [0.2, 0.25) is 0 Å². The lowest BCUT2D eigenvalue weighted by molar-refractivity contribution is -0.123. The Morgan fingerprint density at radius 3 is 2.47 bits per heavy atom. The average Bonchev–Trinajstić information content (AvgIpc) is 3.29. The third kappa shape index (κ3) is 5.52. The second-order valence-corrected chi connectivity index (χ2v) is 7.06. The van der Waals surface area contributed by atoms with E-state index < -0.39 is 0 Å². The van der Waals surface area contributed by atoms with E-state index in [0.717, 1.165) is 11.3 Å². The Kier molecular flexibility index (Phi) is 7.39. The zero-order chi connectivity index (χ0) is 23.8. The van der Waals surface area contributed by atoms with Crippen molar-refractivity contribution in [3.63, 3.8) is 0 Å². The van der Waals surface area contributed by atoms with Crippen molar-refractivity contribution in [3.05, 3.63) is 60.7 Å². The van der Waals surface area contributed by atoms with Crippen molar-refractivity contribution >= 4 is 11.6 Å². The molecule has 0 radical (unpaired) electrons. The minimum atomic E-state index is -0.252. The van der Waals surface area contributed by atoms with E-state index in [9.17, 15) is 4.79 Å². The van der Waals surface area contributed by atoms with Crippen LogP contribution >= 0.6 is 0 Å². The number of nitrogens with zero attached hydrogens (tertiary/aromatic N) is 4. The molecule has 0 aliphatic carbocycles. The van der Waals surface area contributed by atoms with Crippen LogP contribution in [0.4, 0.5) is 0 Å². The van der Waals surface area contributed by atoms with Crippen LogP contribution in [0.5, 0.6) is 23.1 Å². The summed E-state index contributed by atoms with van der Waals surface area (Å²) in [7, 11) is 1.60. The lowest BCUT2D eigenvalue weighted by Gasteiger charge is -2.10. The SMILES string of the molecule is CCOc1ccc(OCC(=O)NCCOc2ccc3nnc(-c4ccccc4OC)n3n2)cc1. The van der Waals surface area contributed by atoms with E-state index in [0.29, 0.717) is 42.0 Å². The molecule has 0 spiro atoms.